The van der Waals surface area contributed by atoms with Crippen LogP contribution in [0.15, 0.2) is 60.7 Å². The van der Waals surface area contributed by atoms with Crippen molar-refractivity contribution in [2.75, 3.05) is 6.54 Å². The Balaban J connectivity index is 1.93. The van der Waals surface area contributed by atoms with E-state index in [0.29, 0.717) is 25.2 Å². The van der Waals surface area contributed by atoms with Crippen LogP contribution < -0.4 is 11.5 Å². The Hall–Kier alpha value is -1.97. The van der Waals surface area contributed by atoms with Gasteiger partial charge in [-0.15, -0.1) is 0 Å². The summed E-state index contributed by atoms with van der Waals surface area (Å²) < 4.78 is 0. The van der Waals surface area contributed by atoms with Gasteiger partial charge in [-0.25, -0.2) is 0 Å². The summed E-state index contributed by atoms with van der Waals surface area (Å²) in [6.45, 7) is 0.436. The minimum atomic E-state index is -0.0761. The van der Waals surface area contributed by atoms with E-state index in [-0.39, 0.29) is 12.0 Å². The summed E-state index contributed by atoms with van der Waals surface area (Å²) in [5, 5.41) is 0. The van der Waals surface area contributed by atoms with E-state index >= 15 is 0 Å². The summed E-state index contributed by atoms with van der Waals surface area (Å²) in [6, 6.07) is 20.7. The van der Waals surface area contributed by atoms with E-state index in [4.69, 9.17) is 11.5 Å². The molecule has 0 aliphatic rings. The molecular formula is C22H30N2O. The molecule has 0 radical (unpaired) electrons. The first-order chi connectivity index (χ1) is 12.2. The lowest BCUT2D eigenvalue weighted by molar-refractivity contribution is -0.123. The number of Topliss-reactive ketones (excluding diaryl/α,β-unsaturated/α-hetero) is 1. The molecule has 3 nitrogen and oxygen atoms in total. The van der Waals surface area contributed by atoms with E-state index in [1.54, 1.807) is 0 Å². The van der Waals surface area contributed by atoms with Crippen LogP contribution in [-0.4, -0.2) is 18.4 Å². The topological polar surface area (TPSA) is 69.1 Å². The molecule has 0 heterocycles. The molecule has 0 amide bonds. The van der Waals surface area contributed by atoms with Crippen LogP contribution in [0.25, 0.3) is 0 Å². The zero-order valence-electron chi connectivity index (χ0n) is 14.9. The summed E-state index contributed by atoms with van der Waals surface area (Å²) in [5.41, 5.74) is 14.0. The zero-order chi connectivity index (χ0) is 17.9. The quantitative estimate of drug-likeness (QED) is 0.659. The van der Waals surface area contributed by atoms with Gasteiger partial charge in [0, 0.05) is 24.9 Å². The minimum Gasteiger partial charge on any atom is -0.329 e. The molecule has 1 atom stereocenters. The second-order valence-corrected chi connectivity index (χ2v) is 6.75. The largest absolute Gasteiger partial charge is 0.329 e. The number of rotatable bonds is 11. The normalized spacial score (nSPS) is 12.3. The lowest BCUT2D eigenvalue weighted by Gasteiger charge is -2.17. The van der Waals surface area contributed by atoms with Gasteiger partial charge >= 0.3 is 0 Å². The number of benzene rings is 2. The molecule has 0 bridgehead atoms. The van der Waals surface area contributed by atoms with Crippen molar-refractivity contribution in [1.29, 1.82) is 0 Å². The molecule has 0 fully saturated rings. The maximum Gasteiger partial charge on any atom is 0.136 e. The molecule has 3 heteroatoms. The third kappa shape index (κ3) is 7.20. The van der Waals surface area contributed by atoms with Crippen LogP contribution in [0.4, 0.5) is 0 Å². The SMILES string of the molecule is NC[C@H](N)CCC(=O)C(CCc1ccccc1)CCc1ccccc1. The van der Waals surface area contributed by atoms with Gasteiger partial charge in [-0.2, -0.15) is 0 Å². The molecule has 2 aromatic carbocycles. The minimum absolute atomic E-state index is 0.0761. The van der Waals surface area contributed by atoms with E-state index in [1.165, 1.54) is 11.1 Å². The van der Waals surface area contributed by atoms with E-state index in [0.717, 1.165) is 25.7 Å². The highest BCUT2D eigenvalue weighted by Crippen LogP contribution is 2.20. The third-order valence-electron chi connectivity index (χ3n) is 4.77. The van der Waals surface area contributed by atoms with Gasteiger partial charge < -0.3 is 11.5 Å². The first-order valence-corrected chi connectivity index (χ1v) is 9.25. The molecule has 2 aromatic rings. The Bertz CT molecular complexity index is 569. The Labute approximate surface area is 151 Å². The van der Waals surface area contributed by atoms with Crippen LogP contribution >= 0.6 is 0 Å². The van der Waals surface area contributed by atoms with Crippen molar-refractivity contribution in [2.45, 2.75) is 44.6 Å². The van der Waals surface area contributed by atoms with Gasteiger partial charge in [0.2, 0.25) is 0 Å². The van der Waals surface area contributed by atoms with Gasteiger partial charge in [0.1, 0.15) is 5.78 Å². The average molecular weight is 338 g/mol. The molecule has 0 saturated heterocycles. The van der Waals surface area contributed by atoms with E-state index in [1.807, 2.05) is 12.1 Å². The van der Waals surface area contributed by atoms with Gasteiger partial charge in [0.15, 0.2) is 0 Å². The Morgan fingerprint density at radius 1 is 0.800 bits per heavy atom. The van der Waals surface area contributed by atoms with Crippen molar-refractivity contribution < 1.29 is 4.79 Å². The second-order valence-electron chi connectivity index (χ2n) is 6.75. The predicted octanol–water partition coefficient (Wildman–Crippen LogP) is 3.50. The molecule has 0 unspecified atom stereocenters. The average Bonchev–Trinajstić information content (AvgIpc) is 2.67. The van der Waals surface area contributed by atoms with Crippen molar-refractivity contribution in [3.63, 3.8) is 0 Å². The van der Waals surface area contributed by atoms with Crippen molar-refractivity contribution in [1.82, 2.24) is 0 Å². The second kappa shape index (κ2) is 10.8. The molecule has 0 spiro atoms. The van der Waals surface area contributed by atoms with Crippen molar-refractivity contribution in [3.8, 4) is 0 Å². The molecule has 0 aliphatic carbocycles. The number of aryl methyl sites for hydroxylation is 2. The Kier molecular flexibility index (Phi) is 8.36. The maximum absolute atomic E-state index is 12.7. The van der Waals surface area contributed by atoms with Crippen molar-refractivity contribution in [3.05, 3.63) is 71.8 Å². The lowest BCUT2D eigenvalue weighted by atomic mass is 9.87. The molecule has 134 valence electrons. The van der Waals surface area contributed by atoms with Gasteiger partial charge in [-0.1, -0.05) is 60.7 Å². The fourth-order valence-electron chi connectivity index (χ4n) is 3.09. The highest BCUT2D eigenvalue weighted by molar-refractivity contribution is 5.81. The van der Waals surface area contributed by atoms with Crippen LogP contribution in [0.3, 0.4) is 0 Å². The summed E-state index contributed by atoms with van der Waals surface area (Å²) in [5.74, 6) is 0.418. The fourth-order valence-corrected chi connectivity index (χ4v) is 3.09. The number of ketones is 1. The highest BCUT2D eigenvalue weighted by Gasteiger charge is 2.19. The van der Waals surface area contributed by atoms with E-state index < -0.39 is 0 Å². The molecule has 2 rings (SSSR count). The number of nitrogens with two attached hydrogens (primary N) is 2. The van der Waals surface area contributed by atoms with Gasteiger partial charge in [0.25, 0.3) is 0 Å². The van der Waals surface area contributed by atoms with Crippen LogP contribution in [-0.2, 0) is 17.6 Å². The maximum atomic E-state index is 12.7. The molecule has 0 aromatic heterocycles. The Morgan fingerprint density at radius 3 is 1.72 bits per heavy atom. The van der Waals surface area contributed by atoms with Crippen LogP contribution in [0, 0.1) is 5.92 Å². The van der Waals surface area contributed by atoms with Crippen LogP contribution in [0.1, 0.15) is 36.8 Å². The summed E-state index contributed by atoms with van der Waals surface area (Å²) in [7, 11) is 0. The molecule has 0 aliphatic heterocycles. The molecular weight excluding hydrogens is 308 g/mol. The highest BCUT2D eigenvalue weighted by atomic mass is 16.1. The number of hydrogen-bond donors (Lipinski definition) is 2. The molecule has 4 N–H and O–H groups in total. The Morgan fingerprint density at radius 2 is 1.28 bits per heavy atom. The van der Waals surface area contributed by atoms with Gasteiger partial charge in [-0.05, 0) is 43.2 Å². The van der Waals surface area contributed by atoms with Gasteiger partial charge in [0.05, 0.1) is 0 Å². The van der Waals surface area contributed by atoms with Crippen molar-refractivity contribution in [2.24, 2.45) is 17.4 Å². The van der Waals surface area contributed by atoms with E-state index in [2.05, 4.69) is 48.5 Å². The number of carbonyl (C=O) groups is 1. The third-order valence-corrected chi connectivity index (χ3v) is 4.77. The summed E-state index contributed by atoms with van der Waals surface area (Å²) in [6.07, 6.45) is 4.89. The number of hydrogen-bond acceptors (Lipinski definition) is 3. The fraction of sp³-hybridized carbons (Fsp3) is 0.409. The molecule has 25 heavy (non-hydrogen) atoms. The van der Waals surface area contributed by atoms with Crippen molar-refractivity contribution >= 4 is 5.78 Å². The zero-order valence-corrected chi connectivity index (χ0v) is 14.9. The summed E-state index contributed by atoms with van der Waals surface area (Å²) in [4.78, 5) is 12.7. The standard InChI is InChI=1S/C22H30N2O/c23-17-21(24)15-16-22(25)20(13-11-18-7-3-1-4-8-18)14-12-19-9-5-2-6-10-19/h1-10,20-21H,11-17,23-24H2/t21-/m1/s1. The first kappa shape index (κ1) is 19.4. The first-order valence-electron chi connectivity index (χ1n) is 9.25. The number of carbonyl (C=O) groups excluding carboxylic acids is 1. The van der Waals surface area contributed by atoms with E-state index in [9.17, 15) is 4.79 Å². The smallest absolute Gasteiger partial charge is 0.136 e. The predicted molar refractivity (Wildman–Crippen MR) is 104 cm³/mol. The summed E-state index contributed by atoms with van der Waals surface area (Å²) >= 11 is 0. The van der Waals surface area contributed by atoms with Crippen LogP contribution in [0.5, 0.6) is 0 Å². The van der Waals surface area contributed by atoms with Crippen LogP contribution in [0.2, 0.25) is 0 Å². The lowest BCUT2D eigenvalue weighted by Crippen LogP contribution is -2.31. The van der Waals surface area contributed by atoms with Gasteiger partial charge in [-0.3, -0.25) is 4.79 Å². The monoisotopic (exact) mass is 338 g/mol. The molecule has 0 saturated carbocycles.